The van der Waals surface area contributed by atoms with Crippen molar-refractivity contribution < 1.29 is 64.6 Å². The molecular formula is C26H22O14. The van der Waals surface area contributed by atoms with Crippen molar-refractivity contribution in [2.24, 2.45) is 0 Å². The van der Waals surface area contributed by atoms with E-state index in [1.165, 1.54) is 24.3 Å². The lowest BCUT2D eigenvalue weighted by Crippen LogP contribution is -2.55. The van der Waals surface area contributed by atoms with E-state index in [2.05, 4.69) is 0 Å². The maximum atomic E-state index is 13.5. The molecule has 0 aliphatic carbocycles. The Bertz CT molecular complexity index is 1690. The summed E-state index contributed by atoms with van der Waals surface area (Å²) in [5.74, 6) is -5.47. The van der Waals surface area contributed by atoms with E-state index < -0.39 is 105 Å². The van der Waals surface area contributed by atoms with Crippen molar-refractivity contribution in [3.8, 4) is 34.5 Å². The number of aromatic hydroxyl groups is 5. The minimum atomic E-state index is -1.90. The molecule has 14 nitrogen and oxygen atoms in total. The number of phenolic OH excluding ortho intramolecular Hbond substituents is 5. The largest absolute Gasteiger partial charge is 0.508 e. The van der Waals surface area contributed by atoms with Crippen molar-refractivity contribution in [2.75, 3.05) is 6.61 Å². The molecule has 0 saturated carbocycles. The highest BCUT2D eigenvalue weighted by Crippen LogP contribution is 2.46. The first kappa shape index (κ1) is 27.0. The second-order valence-electron chi connectivity index (χ2n) is 9.10. The minimum Gasteiger partial charge on any atom is -0.508 e. The molecular weight excluding hydrogens is 536 g/mol. The average molecular weight is 558 g/mol. The third-order valence-corrected chi connectivity index (χ3v) is 6.62. The fourth-order valence-electron chi connectivity index (χ4n) is 4.59. The van der Waals surface area contributed by atoms with Crippen LogP contribution in [0.5, 0.6) is 34.5 Å². The van der Waals surface area contributed by atoms with Crippen molar-refractivity contribution in [3.05, 3.63) is 57.7 Å². The van der Waals surface area contributed by atoms with Gasteiger partial charge in [-0.3, -0.25) is 4.79 Å². The first-order valence-electron chi connectivity index (χ1n) is 11.7. The second kappa shape index (κ2) is 9.86. The van der Waals surface area contributed by atoms with E-state index in [9.17, 15) is 55.5 Å². The summed E-state index contributed by atoms with van der Waals surface area (Å²) in [6.07, 6.45) is -8.57. The van der Waals surface area contributed by atoms with E-state index in [1.807, 2.05) is 0 Å². The van der Waals surface area contributed by atoms with Crippen LogP contribution in [0.1, 0.15) is 22.0 Å². The van der Waals surface area contributed by atoms with E-state index in [0.717, 1.165) is 6.07 Å². The Balaban J connectivity index is 1.70. The van der Waals surface area contributed by atoms with Gasteiger partial charge in [-0.15, -0.1) is 0 Å². The Morgan fingerprint density at radius 3 is 2.17 bits per heavy atom. The Kier molecular flexibility index (Phi) is 6.65. The quantitative estimate of drug-likeness (QED) is 0.0923. The molecule has 0 unspecified atom stereocenters. The lowest BCUT2D eigenvalue weighted by Gasteiger charge is -2.40. The second-order valence-corrected chi connectivity index (χ2v) is 9.10. The molecule has 0 spiro atoms. The van der Waals surface area contributed by atoms with E-state index in [-0.39, 0.29) is 11.3 Å². The fourth-order valence-corrected chi connectivity index (χ4v) is 4.59. The van der Waals surface area contributed by atoms with Crippen molar-refractivity contribution in [1.29, 1.82) is 0 Å². The first-order chi connectivity index (χ1) is 18.9. The number of esters is 1. The predicted octanol–water partition coefficient (Wildman–Crippen LogP) is 0.208. The maximum absolute atomic E-state index is 13.5. The standard InChI is InChI=1S/C26H22O14/c27-7-14-18(32)21(35)22(36)25(39-14)16-11(30)5-10(29)15-19(33)17-13(38-24(15)16)6-12(31)23(20(17)34)40-26(37)8-1-3-9(28)4-2-8/h1-6,14,18,21-22,25,27-32,34-36H,7H2/t14-,18-,21+,22-,25+/m0/s1. The van der Waals surface area contributed by atoms with E-state index >= 15 is 0 Å². The summed E-state index contributed by atoms with van der Waals surface area (Å²) in [6.45, 7) is -0.793. The van der Waals surface area contributed by atoms with Crippen molar-refractivity contribution in [3.63, 3.8) is 0 Å². The molecule has 0 amide bonds. The molecule has 0 radical (unpaired) electrons. The molecule has 1 aliphatic rings. The van der Waals surface area contributed by atoms with Gasteiger partial charge in [-0.2, -0.15) is 0 Å². The molecule has 2 heterocycles. The molecule has 210 valence electrons. The van der Waals surface area contributed by atoms with E-state index in [1.54, 1.807) is 0 Å². The van der Waals surface area contributed by atoms with Gasteiger partial charge in [0.15, 0.2) is 17.1 Å². The summed E-state index contributed by atoms with van der Waals surface area (Å²) in [7, 11) is 0. The number of ether oxygens (including phenoxy) is 2. The zero-order valence-corrected chi connectivity index (χ0v) is 20.1. The molecule has 9 N–H and O–H groups in total. The molecule has 1 aliphatic heterocycles. The molecule has 1 fully saturated rings. The van der Waals surface area contributed by atoms with E-state index in [4.69, 9.17) is 13.9 Å². The predicted molar refractivity (Wildman–Crippen MR) is 132 cm³/mol. The molecule has 40 heavy (non-hydrogen) atoms. The van der Waals surface area contributed by atoms with Crippen molar-refractivity contribution >= 4 is 27.9 Å². The molecule has 14 heteroatoms. The normalized spacial score (nSPS) is 22.9. The van der Waals surface area contributed by atoms with Gasteiger partial charge in [-0.05, 0) is 24.3 Å². The Hall–Kier alpha value is -4.60. The van der Waals surface area contributed by atoms with Gasteiger partial charge in [0.1, 0.15) is 64.1 Å². The van der Waals surface area contributed by atoms with Gasteiger partial charge in [0.25, 0.3) is 0 Å². The zero-order valence-electron chi connectivity index (χ0n) is 20.1. The molecule has 4 aromatic rings. The molecule has 0 bridgehead atoms. The number of aliphatic hydroxyl groups is 4. The van der Waals surface area contributed by atoms with Crippen molar-refractivity contribution in [1.82, 2.24) is 0 Å². The van der Waals surface area contributed by atoms with Crippen LogP contribution in [0.15, 0.2) is 45.6 Å². The number of rotatable bonds is 4. The number of fused-ring (bicyclic) bond motifs is 2. The van der Waals surface area contributed by atoms with Gasteiger partial charge in [0, 0.05) is 12.1 Å². The van der Waals surface area contributed by atoms with Crippen LogP contribution in [-0.2, 0) is 4.74 Å². The van der Waals surface area contributed by atoms with Gasteiger partial charge in [0.2, 0.25) is 11.2 Å². The van der Waals surface area contributed by atoms with Crippen LogP contribution in [0.25, 0.3) is 21.9 Å². The van der Waals surface area contributed by atoms with Crippen LogP contribution in [-0.4, -0.2) is 83.0 Å². The monoisotopic (exact) mass is 558 g/mol. The molecule has 1 saturated heterocycles. The average Bonchev–Trinajstić information content (AvgIpc) is 2.90. The molecule has 3 aromatic carbocycles. The number of carbonyl (C=O) groups excluding carboxylic acids is 1. The number of aliphatic hydroxyl groups excluding tert-OH is 4. The van der Waals surface area contributed by atoms with Gasteiger partial charge < -0.3 is 59.8 Å². The van der Waals surface area contributed by atoms with Crippen LogP contribution in [0, 0.1) is 0 Å². The third-order valence-electron chi connectivity index (χ3n) is 6.62. The fraction of sp³-hybridized carbons (Fsp3) is 0.231. The lowest BCUT2D eigenvalue weighted by molar-refractivity contribution is -0.231. The lowest BCUT2D eigenvalue weighted by atomic mass is 9.89. The number of hydrogen-bond donors (Lipinski definition) is 9. The summed E-state index contributed by atoms with van der Waals surface area (Å²) in [4.78, 5) is 26.0. The highest BCUT2D eigenvalue weighted by atomic mass is 16.6. The van der Waals surface area contributed by atoms with Crippen LogP contribution in [0.4, 0.5) is 0 Å². The SMILES string of the molecule is O=C(Oc1c(O)cc2oc3c([C@H]4O[C@@H](CO)[C@H](O)[C@@H](O)[C@@H]4O)c(O)cc(O)c3c(=O)c2c1O)c1ccc(O)cc1. The summed E-state index contributed by atoms with van der Waals surface area (Å²) >= 11 is 0. The Morgan fingerprint density at radius 1 is 0.850 bits per heavy atom. The maximum Gasteiger partial charge on any atom is 0.343 e. The Morgan fingerprint density at radius 2 is 1.52 bits per heavy atom. The highest BCUT2D eigenvalue weighted by Gasteiger charge is 2.46. The highest BCUT2D eigenvalue weighted by molar-refractivity contribution is 6.01. The van der Waals surface area contributed by atoms with Crippen LogP contribution >= 0.6 is 0 Å². The molecule has 1 aromatic heterocycles. The summed E-state index contributed by atoms with van der Waals surface area (Å²) < 4.78 is 16.2. The summed E-state index contributed by atoms with van der Waals surface area (Å²) in [6, 6.07) is 6.34. The molecule has 5 rings (SSSR count). The van der Waals surface area contributed by atoms with Crippen LogP contribution in [0.2, 0.25) is 0 Å². The minimum absolute atomic E-state index is 0.0699. The number of carbonyl (C=O) groups is 1. The number of phenols is 5. The topological polar surface area (TPSA) is 248 Å². The zero-order chi connectivity index (χ0) is 29.0. The van der Waals surface area contributed by atoms with Gasteiger partial charge >= 0.3 is 5.97 Å². The Labute approximate surface area is 222 Å². The molecule has 5 atom stereocenters. The number of hydrogen-bond acceptors (Lipinski definition) is 14. The summed E-state index contributed by atoms with van der Waals surface area (Å²) in [5.41, 5.74) is -2.72. The first-order valence-corrected chi connectivity index (χ1v) is 11.7. The van der Waals surface area contributed by atoms with Gasteiger partial charge in [-0.1, -0.05) is 0 Å². The van der Waals surface area contributed by atoms with Gasteiger partial charge in [0.05, 0.1) is 17.7 Å². The van der Waals surface area contributed by atoms with Gasteiger partial charge in [-0.25, -0.2) is 4.79 Å². The van der Waals surface area contributed by atoms with Crippen LogP contribution in [0.3, 0.4) is 0 Å². The smallest absolute Gasteiger partial charge is 0.343 e. The number of benzene rings is 3. The summed E-state index contributed by atoms with van der Waals surface area (Å²) in [5, 5.41) is 91.0. The van der Waals surface area contributed by atoms with Crippen molar-refractivity contribution in [2.45, 2.75) is 30.5 Å². The third kappa shape index (κ3) is 4.20. The van der Waals surface area contributed by atoms with Crippen LogP contribution < -0.4 is 10.2 Å². The van der Waals surface area contributed by atoms with E-state index in [0.29, 0.717) is 6.07 Å².